The summed E-state index contributed by atoms with van der Waals surface area (Å²) in [6.07, 6.45) is 3.56. The van der Waals surface area contributed by atoms with E-state index in [2.05, 4.69) is 6.58 Å². The average molecular weight is 301 g/mol. The van der Waals surface area contributed by atoms with E-state index in [4.69, 9.17) is 11.6 Å². The van der Waals surface area contributed by atoms with Gasteiger partial charge in [-0.1, -0.05) is 41.9 Å². The van der Waals surface area contributed by atoms with Crippen molar-refractivity contribution >= 4 is 29.0 Å². The van der Waals surface area contributed by atoms with Crippen LogP contribution in [0.3, 0.4) is 0 Å². The van der Waals surface area contributed by atoms with Gasteiger partial charge in [-0.05, 0) is 41.5 Å². The van der Waals surface area contributed by atoms with E-state index in [9.17, 15) is 9.18 Å². The van der Waals surface area contributed by atoms with E-state index in [1.807, 2.05) is 12.1 Å². The molecule has 21 heavy (non-hydrogen) atoms. The van der Waals surface area contributed by atoms with Crippen molar-refractivity contribution in [2.24, 2.45) is 0 Å². The van der Waals surface area contributed by atoms with Crippen LogP contribution in [-0.4, -0.2) is 5.78 Å². The lowest BCUT2D eigenvalue weighted by Gasteiger charge is -2.06. The highest BCUT2D eigenvalue weighted by Gasteiger charge is 2.11. The molecular formula is C18H14ClFO. The lowest BCUT2D eigenvalue weighted by Crippen LogP contribution is -2.00. The maximum Gasteiger partial charge on any atom is 0.167 e. The Kier molecular flexibility index (Phi) is 5.07. The maximum absolute atomic E-state index is 13.0. The number of carbonyl (C=O) groups is 1. The average Bonchev–Trinajstić information content (AvgIpc) is 2.48. The van der Waals surface area contributed by atoms with Gasteiger partial charge < -0.3 is 0 Å². The van der Waals surface area contributed by atoms with E-state index >= 15 is 0 Å². The van der Waals surface area contributed by atoms with E-state index in [1.165, 1.54) is 12.1 Å². The van der Waals surface area contributed by atoms with Gasteiger partial charge in [-0.2, -0.15) is 0 Å². The Bertz CT molecular complexity index is 669. The zero-order chi connectivity index (χ0) is 15.2. The minimum atomic E-state index is -0.333. The van der Waals surface area contributed by atoms with Crippen LogP contribution in [0.25, 0.3) is 11.6 Å². The number of halogens is 2. The Morgan fingerprint density at radius 1 is 1.10 bits per heavy atom. The number of Topliss-reactive ketones (excluding diaryl/α,β-unsaturated/α-hetero) is 1. The Morgan fingerprint density at radius 3 is 2.29 bits per heavy atom. The standard InChI is InChI=1S/C18H14ClFO/c1-2-3-18(21)17(14-6-10-16(20)11-7-14)12-13-4-8-15(19)9-5-13/h2,4-12H,1,3H2/b17-12+. The van der Waals surface area contributed by atoms with Gasteiger partial charge in [0.2, 0.25) is 0 Å². The molecule has 0 atom stereocenters. The molecule has 0 unspecified atom stereocenters. The summed E-state index contributed by atoms with van der Waals surface area (Å²) < 4.78 is 13.0. The molecule has 106 valence electrons. The lowest BCUT2D eigenvalue weighted by molar-refractivity contribution is -0.112. The molecule has 1 nitrogen and oxygen atoms in total. The molecule has 0 saturated heterocycles. The quantitative estimate of drug-likeness (QED) is 0.423. The first-order chi connectivity index (χ1) is 10.1. The van der Waals surface area contributed by atoms with Gasteiger partial charge in [0, 0.05) is 17.0 Å². The first kappa shape index (κ1) is 15.2. The summed E-state index contributed by atoms with van der Waals surface area (Å²) >= 11 is 5.85. The third-order valence-corrected chi connectivity index (χ3v) is 3.22. The highest BCUT2D eigenvalue weighted by Crippen LogP contribution is 2.22. The van der Waals surface area contributed by atoms with Crippen molar-refractivity contribution in [3.63, 3.8) is 0 Å². The molecule has 0 fully saturated rings. The minimum Gasteiger partial charge on any atom is -0.294 e. The first-order valence-electron chi connectivity index (χ1n) is 6.47. The molecule has 2 aromatic rings. The Balaban J connectivity index is 2.44. The van der Waals surface area contributed by atoms with Crippen LogP contribution in [0.5, 0.6) is 0 Å². The summed E-state index contributed by atoms with van der Waals surface area (Å²) in [5.74, 6) is -0.396. The van der Waals surface area contributed by atoms with E-state index in [0.717, 1.165) is 5.56 Å². The van der Waals surface area contributed by atoms with Gasteiger partial charge in [0.25, 0.3) is 0 Å². The zero-order valence-electron chi connectivity index (χ0n) is 11.4. The number of ketones is 1. The van der Waals surface area contributed by atoms with Crippen LogP contribution in [0.4, 0.5) is 4.39 Å². The molecule has 0 aromatic heterocycles. The number of carbonyl (C=O) groups excluding carboxylic acids is 1. The molecule has 2 rings (SSSR count). The summed E-state index contributed by atoms with van der Waals surface area (Å²) in [6.45, 7) is 3.58. The second-order valence-corrected chi connectivity index (χ2v) is 4.97. The van der Waals surface area contributed by atoms with Crippen LogP contribution < -0.4 is 0 Å². The third kappa shape index (κ3) is 4.14. The summed E-state index contributed by atoms with van der Waals surface area (Å²) in [6, 6.07) is 13.0. The molecule has 0 aliphatic carbocycles. The van der Waals surface area contributed by atoms with Gasteiger partial charge in [-0.15, -0.1) is 6.58 Å². The van der Waals surface area contributed by atoms with E-state index in [-0.39, 0.29) is 18.0 Å². The van der Waals surface area contributed by atoms with Crippen LogP contribution >= 0.6 is 11.6 Å². The zero-order valence-corrected chi connectivity index (χ0v) is 12.1. The Labute approximate surface area is 128 Å². The maximum atomic E-state index is 13.0. The molecule has 0 heterocycles. The van der Waals surface area contributed by atoms with Crippen molar-refractivity contribution in [3.05, 3.63) is 83.2 Å². The van der Waals surface area contributed by atoms with Crippen molar-refractivity contribution in [2.75, 3.05) is 0 Å². The predicted octanol–water partition coefficient (Wildman–Crippen LogP) is 5.16. The van der Waals surface area contributed by atoms with Crippen LogP contribution in [0.1, 0.15) is 17.5 Å². The second-order valence-electron chi connectivity index (χ2n) is 4.53. The number of hydrogen-bond donors (Lipinski definition) is 0. The molecule has 0 spiro atoms. The molecular weight excluding hydrogens is 287 g/mol. The van der Waals surface area contributed by atoms with Crippen molar-refractivity contribution in [1.29, 1.82) is 0 Å². The van der Waals surface area contributed by atoms with Gasteiger partial charge in [0.05, 0.1) is 0 Å². The Hall–Kier alpha value is -2.19. The topological polar surface area (TPSA) is 17.1 Å². The highest BCUT2D eigenvalue weighted by molar-refractivity contribution is 6.30. The number of benzene rings is 2. The van der Waals surface area contributed by atoms with Gasteiger partial charge in [-0.3, -0.25) is 4.79 Å². The summed E-state index contributed by atoms with van der Waals surface area (Å²) in [5.41, 5.74) is 2.06. The lowest BCUT2D eigenvalue weighted by atomic mass is 9.97. The fourth-order valence-electron chi connectivity index (χ4n) is 1.92. The van der Waals surface area contributed by atoms with Gasteiger partial charge in [0.1, 0.15) is 5.82 Å². The molecule has 0 amide bonds. The highest BCUT2D eigenvalue weighted by atomic mass is 35.5. The van der Waals surface area contributed by atoms with Gasteiger partial charge in [-0.25, -0.2) is 4.39 Å². The summed E-state index contributed by atoms with van der Waals surface area (Å²) in [5, 5.41) is 0.632. The first-order valence-corrected chi connectivity index (χ1v) is 6.85. The third-order valence-electron chi connectivity index (χ3n) is 2.97. The monoisotopic (exact) mass is 300 g/mol. The van der Waals surface area contributed by atoms with E-state index in [1.54, 1.807) is 36.4 Å². The van der Waals surface area contributed by atoms with Crippen molar-refractivity contribution in [3.8, 4) is 0 Å². The molecule has 0 aliphatic rings. The van der Waals surface area contributed by atoms with Crippen molar-refractivity contribution in [1.82, 2.24) is 0 Å². The number of hydrogen-bond acceptors (Lipinski definition) is 1. The van der Waals surface area contributed by atoms with Crippen LogP contribution in [0, 0.1) is 5.82 Å². The van der Waals surface area contributed by atoms with Gasteiger partial charge >= 0.3 is 0 Å². The SMILES string of the molecule is C=CCC(=O)/C(=C/c1ccc(Cl)cc1)c1ccc(F)cc1. The summed E-state index contributed by atoms with van der Waals surface area (Å²) in [4.78, 5) is 12.2. The molecule has 0 aliphatic heterocycles. The Morgan fingerprint density at radius 2 is 1.71 bits per heavy atom. The summed E-state index contributed by atoms with van der Waals surface area (Å²) in [7, 11) is 0. The van der Waals surface area contributed by atoms with E-state index in [0.29, 0.717) is 16.2 Å². The second kappa shape index (κ2) is 7.00. The minimum absolute atomic E-state index is 0.0634. The van der Waals surface area contributed by atoms with Crippen molar-refractivity contribution in [2.45, 2.75) is 6.42 Å². The molecule has 3 heteroatoms. The number of allylic oxidation sites excluding steroid dienone is 2. The normalized spacial score (nSPS) is 11.2. The molecule has 0 N–H and O–H groups in total. The smallest absolute Gasteiger partial charge is 0.167 e. The molecule has 0 radical (unpaired) electrons. The van der Waals surface area contributed by atoms with Gasteiger partial charge in [0.15, 0.2) is 5.78 Å². The van der Waals surface area contributed by atoms with Crippen LogP contribution in [0.15, 0.2) is 61.2 Å². The van der Waals surface area contributed by atoms with Crippen LogP contribution in [0.2, 0.25) is 5.02 Å². The predicted molar refractivity (Wildman–Crippen MR) is 85.5 cm³/mol. The molecule has 0 bridgehead atoms. The molecule has 0 saturated carbocycles. The fraction of sp³-hybridized carbons (Fsp3) is 0.0556. The number of rotatable bonds is 5. The van der Waals surface area contributed by atoms with Crippen molar-refractivity contribution < 1.29 is 9.18 Å². The largest absolute Gasteiger partial charge is 0.294 e. The molecule has 2 aromatic carbocycles. The van der Waals surface area contributed by atoms with E-state index < -0.39 is 0 Å². The van der Waals surface area contributed by atoms with Crippen LogP contribution in [-0.2, 0) is 4.79 Å². The fourth-order valence-corrected chi connectivity index (χ4v) is 2.05.